The van der Waals surface area contributed by atoms with Gasteiger partial charge in [0.2, 0.25) is 11.8 Å². The number of fused-ring (bicyclic) bond motifs is 1. The molecule has 4 rings (SSSR count). The number of carbonyl (C=O) groups is 3. The number of rotatable bonds is 7. The number of likely N-dealkylation sites (tertiary alicyclic amines) is 1. The van der Waals surface area contributed by atoms with E-state index in [1.807, 2.05) is 4.90 Å². The van der Waals surface area contributed by atoms with Gasteiger partial charge in [0.25, 0.3) is 5.56 Å². The molecule has 0 aromatic carbocycles. The van der Waals surface area contributed by atoms with Crippen molar-refractivity contribution in [2.45, 2.75) is 64.3 Å². The summed E-state index contributed by atoms with van der Waals surface area (Å²) in [6, 6.07) is 1.33. The minimum Gasteiger partial charge on any atom is -0.492 e. The maximum Gasteiger partial charge on any atom is 0.343 e. The maximum atomic E-state index is 13.0. The van der Waals surface area contributed by atoms with Crippen LogP contribution in [-0.2, 0) is 27.3 Å². The van der Waals surface area contributed by atoms with E-state index in [2.05, 4.69) is 0 Å². The molecule has 0 N–H and O–H groups in total. The van der Waals surface area contributed by atoms with Crippen LogP contribution in [0.1, 0.15) is 67.4 Å². The SMILES string of the molecule is COC(=O)c1c(OCC2CC(=O)N(C)C2)cc(=O)n2c1CCN(C(=O)CCC1CCCCC1)CC2. The van der Waals surface area contributed by atoms with Crippen LogP contribution in [0.25, 0.3) is 0 Å². The third-order valence-corrected chi connectivity index (χ3v) is 7.72. The largest absolute Gasteiger partial charge is 0.492 e. The van der Waals surface area contributed by atoms with E-state index in [0.717, 1.165) is 6.42 Å². The molecule has 192 valence electrons. The number of ether oxygens (including phenoxy) is 2. The average Bonchev–Trinajstić information content (AvgIpc) is 3.04. The Balaban J connectivity index is 1.47. The number of carbonyl (C=O) groups excluding carboxylic acids is 3. The van der Waals surface area contributed by atoms with Gasteiger partial charge in [-0.3, -0.25) is 14.4 Å². The van der Waals surface area contributed by atoms with Crippen molar-refractivity contribution < 1.29 is 23.9 Å². The van der Waals surface area contributed by atoms with Crippen molar-refractivity contribution in [3.05, 3.63) is 27.7 Å². The summed E-state index contributed by atoms with van der Waals surface area (Å²) < 4.78 is 12.5. The highest BCUT2D eigenvalue weighted by Gasteiger charge is 2.30. The van der Waals surface area contributed by atoms with Crippen LogP contribution in [0.5, 0.6) is 5.75 Å². The summed E-state index contributed by atoms with van der Waals surface area (Å²) in [5.41, 5.74) is 0.515. The van der Waals surface area contributed by atoms with Crippen molar-refractivity contribution >= 4 is 17.8 Å². The Hall–Kier alpha value is -2.84. The maximum absolute atomic E-state index is 13.0. The molecule has 3 heterocycles. The highest BCUT2D eigenvalue weighted by molar-refractivity contribution is 5.93. The second-order valence-electron chi connectivity index (χ2n) is 10.1. The summed E-state index contributed by atoms with van der Waals surface area (Å²) in [5.74, 6) is 0.425. The van der Waals surface area contributed by atoms with Gasteiger partial charge in [-0.25, -0.2) is 4.79 Å². The molecule has 1 atom stereocenters. The zero-order valence-electron chi connectivity index (χ0n) is 20.9. The summed E-state index contributed by atoms with van der Waals surface area (Å²) in [5, 5.41) is 0. The molecule has 1 saturated carbocycles. The van der Waals surface area contributed by atoms with Crippen LogP contribution in [-0.4, -0.2) is 72.5 Å². The summed E-state index contributed by atoms with van der Waals surface area (Å²) in [6.45, 7) is 2.02. The molecule has 2 fully saturated rings. The van der Waals surface area contributed by atoms with Crippen LogP contribution in [0, 0.1) is 11.8 Å². The summed E-state index contributed by atoms with van der Waals surface area (Å²) >= 11 is 0. The van der Waals surface area contributed by atoms with Gasteiger partial charge >= 0.3 is 5.97 Å². The summed E-state index contributed by atoms with van der Waals surface area (Å²) in [7, 11) is 3.05. The fourth-order valence-electron chi connectivity index (χ4n) is 5.67. The Bertz CT molecular complexity index is 1010. The molecule has 0 spiro atoms. The predicted molar refractivity (Wildman–Crippen MR) is 129 cm³/mol. The molecule has 9 nitrogen and oxygen atoms in total. The fraction of sp³-hybridized carbons (Fsp3) is 0.692. The minimum absolute atomic E-state index is 0.00293. The van der Waals surface area contributed by atoms with Crippen LogP contribution in [0.15, 0.2) is 10.9 Å². The number of pyridine rings is 1. The van der Waals surface area contributed by atoms with Gasteiger partial charge in [-0.2, -0.15) is 0 Å². The Labute approximate surface area is 206 Å². The van der Waals surface area contributed by atoms with Gasteiger partial charge in [-0.15, -0.1) is 0 Å². The van der Waals surface area contributed by atoms with Gasteiger partial charge in [0, 0.05) is 70.2 Å². The number of amides is 2. The summed E-state index contributed by atoms with van der Waals surface area (Å²) in [6.07, 6.45) is 8.45. The van der Waals surface area contributed by atoms with Gasteiger partial charge in [-0.05, 0) is 12.3 Å². The van der Waals surface area contributed by atoms with Gasteiger partial charge in [-0.1, -0.05) is 32.1 Å². The van der Waals surface area contributed by atoms with Crippen molar-refractivity contribution in [2.24, 2.45) is 11.8 Å². The van der Waals surface area contributed by atoms with E-state index in [0.29, 0.717) is 57.1 Å². The lowest BCUT2D eigenvalue weighted by atomic mass is 9.86. The zero-order valence-corrected chi connectivity index (χ0v) is 20.9. The molecule has 1 saturated heterocycles. The molecule has 1 unspecified atom stereocenters. The first-order chi connectivity index (χ1) is 16.9. The number of methoxy groups -OCH3 is 1. The lowest BCUT2D eigenvalue weighted by molar-refractivity contribution is -0.131. The average molecular weight is 488 g/mol. The van der Waals surface area contributed by atoms with Gasteiger partial charge < -0.3 is 23.8 Å². The second kappa shape index (κ2) is 11.3. The Kier molecular flexibility index (Phi) is 8.13. The molecule has 0 radical (unpaired) electrons. The number of nitrogens with zero attached hydrogens (tertiary/aromatic N) is 3. The topological polar surface area (TPSA) is 98.2 Å². The summed E-state index contributed by atoms with van der Waals surface area (Å²) in [4.78, 5) is 54.0. The van der Waals surface area contributed by atoms with Crippen molar-refractivity contribution in [3.8, 4) is 5.75 Å². The van der Waals surface area contributed by atoms with E-state index in [9.17, 15) is 19.2 Å². The van der Waals surface area contributed by atoms with Crippen molar-refractivity contribution in [3.63, 3.8) is 0 Å². The van der Waals surface area contributed by atoms with Gasteiger partial charge in [0.1, 0.15) is 11.3 Å². The van der Waals surface area contributed by atoms with Crippen LogP contribution in [0.2, 0.25) is 0 Å². The minimum atomic E-state index is -0.569. The normalized spacial score (nSPS) is 21.0. The van der Waals surface area contributed by atoms with E-state index in [-0.39, 0.29) is 41.2 Å². The van der Waals surface area contributed by atoms with Gasteiger partial charge in [0.15, 0.2) is 0 Å². The zero-order chi connectivity index (χ0) is 24.9. The van der Waals surface area contributed by atoms with Crippen molar-refractivity contribution in [1.29, 1.82) is 0 Å². The van der Waals surface area contributed by atoms with E-state index >= 15 is 0 Å². The highest BCUT2D eigenvalue weighted by Crippen LogP contribution is 2.28. The standard InChI is InChI=1S/C26H37N3O6/c1-27-16-19(14-23(27)31)17-35-21-15-24(32)29-13-12-28(11-10-20(29)25(21)26(33)34-2)22(30)9-8-18-6-4-3-5-7-18/h15,18-19H,3-14,16-17H2,1-2H3. The lowest BCUT2D eigenvalue weighted by Gasteiger charge is -2.24. The monoisotopic (exact) mass is 487 g/mol. The number of aromatic nitrogens is 1. The molecule has 1 aromatic rings. The van der Waals surface area contributed by atoms with Crippen molar-refractivity contribution in [2.75, 3.05) is 40.4 Å². The Morgan fingerprint density at radius 3 is 2.51 bits per heavy atom. The van der Waals surface area contributed by atoms with E-state index in [4.69, 9.17) is 9.47 Å². The molecule has 1 aliphatic carbocycles. The lowest BCUT2D eigenvalue weighted by Crippen LogP contribution is -2.34. The molecule has 35 heavy (non-hydrogen) atoms. The third kappa shape index (κ3) is 5.87. The molecule has 1 aromatic heterocycles. The number of hydrogen-bond donors (Lipinski definition) is 0. The Morgan fingerprint density at radius 1 is 1.06 bits per heavy atom. The van der Waals surface area contributed by atoms with Crippen LogP contribution >= 0.6 is 0 Å². The molecule has 2 aliphatic heterocycles. The molecule has 9 heteroatoms. The quantitative estimate of drug-likeness (QED) is 0.547. The first-order valence-corrected chi connectivity index (χ1v) is 12.9. The number of esters is 1. The molecule has 0 bridgehead atoms. The second-order valence-corrected chi connectivity index (χ2v) is 10.1. The predicted octanol–water partition coefficient (Wildman–Crippen LogP) is 2.24. The van der Waals surface area contributed by atoms with Gasteiger partial charge in [0.05, 0.1) is 13.7 Å². The molecule has 2 amide bonds. The Morgan fingerprint density at radius 2 is 1.83 bits per heavy atom. The third-order valence-electron chi connectivity index (χ3n) is 7.72. The highest BCUT2D eigenvalue weighted by atomic mass is 16.5. The first-order valence-electron chi connectivity index (χ1n) is 12.9. The van der Waals surface area contributed by atoms with Crippen LogP contribution in [0.3, 0.4) is 0 Å². The molecule has 3 aliphatic rings. The first kappa shape index (κ1) is 25.3. The molecular weight excluding hydrogens is 450 g/mol. The van der Waals surface area contributed by atoms with E-state index in [1.54, 1.807) is 16.5 Å². The van der Waals surface area contributed by atoms with Crippen molar-refractivity contribution in [1.82, 2.24) is 14.4 Å². The molecular formula is C26H37N3O6. The fourth-order valence-corrected chi connectivity index (χ4v) is 5.67. The van der Waals surface area contributed by atoms with Crippen LogP contribution in [0.4, 0.5) is 0 Å². The number of hydrogen-bond acceptors (Lipinski definition) is 6. The van der Waals surface area contributed by atoms with E-state index < -0.39 is 5.97 Å². The van der Waals surface area contributed by atoms with E-state index in [1.165, 1.54) is 45.3 Å². The van der Waals surface area contributed by atoms with Crippen LogP contribution < -0.4 is 10.3 Å². The smallest absolute Gasteiger partial charge is 0.343 e.